The summed E-state index contributed by atoms with van der Waals surface area (Å²) in [6.07, 6.45) is -1.42. The highest BCUT2D eigenvalue weighted by Crippen LogP contribution is 2.10. The first-order valence-corrected chi connectivity index (χ1v) is 2.92. The summed E-state index contributed by atoms with van der Waals surface area (Å²) in [7, 11) is 0. The molecule has 1 unspecified atom stereocenters. The van der Waals surface area contributed by atoms with Gasteiger partial charge in [-0.05, 0) is 0 Å². The van der Waals surface area contributed by atoms with Crippen LogP contribution >= 0.6 is 0 Å². The highest BCUT2D eigenvalue weighted by Gasteiger charge is 2.48. The second kappa shape index (κ2) is 2.71. The third-order valence-electron chi connectivity index (χ3n) is 1.25. The monoisotopic (exact) mass is 191 g/mol. The van der Waals surface area contributed by atoms with Gasteiger partial charge in [-0.2, -0.15) is 0 Å². The molecule has 0 aromatic rings. The van der Waals surface area contributed by atoms with Gasteiger partial charge in [0.05, 0.1) is 15.3 Å². The lowest BCUT2D eigenvalue weighted by atomic mass is 10.5. The van der Waals surface area contributed by atoms with Gasteiger partial charge < -0.3 is 15.8 Å². The maximum absolute atomic E-state index is 10.2. The van der Waals surface area contributed by atoms with Gasteiger partial charge >= 0.3 is 0 Å². The van der Waals surface area contributed by atoms with Crippen molar-refractivity contribution < 1.29 is 10.1 Å². The lowest BCUT2D eigenvalue weighted by molar-refractivity contribution is -0.830. The van der Waals surface area contributed by atoms with E-state index in [9.17, 15) is 20.2 Å². The first-order chi connectivity index (χ1) is 5.95. The summed E-state index contributed by atoms with van der Waals surface area (Å²) in [6.45, 7) is 0. The van der Waals surface area contributed by atoms with Crippen LogP contribution in [0.15, 0.2) is 5.10 Å². The van der Waals surface area contributed by atoms with Crippen molar-refractivity contribution in [1.82, 2.24) is 10.3 Å². The fourth-order valence-corrected chi connectivity index (χ4v) is 0.716. The highest BCUT2D eigenvalue weighted by molar-refractivity contribution is 5.85. The molecule has 11 nitrogen and oxygen atoms in total. The molecule has 1 aliphatic rings. The van der Waals surface area contributed by atoms with E-state index in [2.05, 4.69) is 5.10 Å². The lowest BCUT2D eigenvalue weighted by Gasteiger charge is -2.12. The number of hydrazone groups is 1. The number of rotatable bonds is 2. The zero-order valence-corrected chi connectivity index (χ0v) is 6.10. The number of nitrogens with zero attached hydrogens (tertiary/aromatic N) is 5. The van der Waals surface area contributed by atoms with Crippen molar-refractivity contribution in [2.24, 2.45) is 16.6 Å². The molecule has 0 aliphatic carbocycles. The predicted octanol–water partition coefficient (Wildman–Crippen LogP) is -2.54. The number of nitro groups is 2. The summed E-state index contributed by atoms with van der Waals surface area (Å²) in [5, 5.41) is 21.2. The van der Waals surface area contributed by atoms with Crippen molar-refractivity contribution in [3.63, 3.8) is 0 Å². The highest BCUT2D eigenvalue weighted by atomic mass is 16.7. The van der Waals surface area contributed by atoms with Gasteiger partial charge in [0.2, 0.25) is 0 Å². The molecule has 0 saturated heterocycles. The molecule has 0 fully saturated rings. The van der Waals surface area contributed by atoms with Crippen molar-refractivity contribution in [1.29, 1.82) is 0 Å². The average Bonchev–Trinajstić information content (AvgIpc) is 2.28. The van der Waals surface area contributed by atoms with E-state index in [0.29, 0.717) is 0 Å². The first kappa shape index (κ1) is 8.92. The normalized spacial score (nSPS) is 21.6. The van der Waals surface area contributed by atoms with Gasteiger partial charge in [0, 0.05) is 0 Å². The summed E-state index contributed by atoms with van der Waals surface area (Å²) >= 11 is 0. The number of nitrogens with two attached hydrogens (primary N) is 2. The van der Waals surface area contributed by atoms with E-state index in [0.717, 1.165) is 0 Å². The molecule has 1 aliphatic heterocycles. The van der Waals surface area contributed by atoms with Gasteiger partial charge in [-0.15, -0.1) is 0 Å². The molecule has 0 saturated carbocycles. The molecule has 1 heterocycles. The molecule has 11 heteroatoms. The van der Waals surface area contributed by atoms with Gasteiger partial charge in [0.15, 0.2) is 10.3 Å². The summed E-state index contributed by atoms with van der Waals surface area (Å²) in [4.78, 5) is 20.4. The van der Waals surface area contributed by atoms with Gasteiger partial charge in [0.25, 0.3) is 12.0 Å². The van der Waals surface area contributed by atoms with E-state index in [1.54, 1.807) is 0 Å². The van der Waals surface area contributed by atoms with Crippen LogP contribution in [0.4, 0.5) is 0 Å². The molecule has 4 N–H and O–H groups in total. The van der Waals surface area contributed by atoms with Crippen LogP contribution in [0, 0.1) is 20.2 Å². The molecular formula is C2H5N7O4. The number of hydrazine groups is 3. The molecule has 0 spiro atoms. The molecule has 0 radical (unpaired) electrons. The molecule has 13 heavy (non-hydrogen) atoms. The van der Waals surface area contributed by atoms with Crippen LogP contribution in [0.2, 0.25) is 0 Å². The quantitative estimate of drug-likeness (QED) is 0.356. The van der Waals surface area contributed by atoms with Crippen LogP contribution in [0.1, 0.15) is 0 Å². The Hall–Kier alpha value is -2.17. The van der Waals surface area contributed by atoms with Gasteiger partial charge in [0.1, 0.15) is 0 Å². The third kappa shape index (κ3) is 1.26. The zero-order chi connectivity index (χ0) is 10.2. The second-order valence-corrected chi connectivity index (χ2v) is 2.03. The Morgan fingerprint density at radius 1 is 1.38 bits per heavy atom. The Morgan fingerprint density at radius 3 is 2.23 bits per heavy atom. The van der Waals surface area contributed by atoms with Gasteiger partial charge in [-0.25, -0.2) is 10.1 Å². The Labute approximate surface area is 70.4 Å². The van der Waals surface area contributed by atoms with E-state index >= 15 is 0 Å². The zero-order valence-electron chi connectivity index (χ0n) is 6.10. The maximum Gasteiger partial charge on any atom is 0.288 e. The molecule has 72 valence electrons. The average molecular weight is 191 g/mol. The third-order valence-corrected chi connectivity index (χ3v) is 1.25. The summed E-state index contributed by atoms with van der Waals surface area (Å²) in [6, 6.07) is 0. The van der Waals surface area contributed by atoms with Crippen molar-refractivity contribution in [2.75, 3.05) is 0 Å². The summed E-state index contributed by atoms with van der Waals surface area (Å²) in [5.41, 5.74) is 10.2. The van der Waals surface area contributed by atoms with Crippen LogP contribution < -0.4 is 11.5 Å². The van der Waals surface area contributed by atoms with Crippen molar-refractivity contribution >= 4 is 5.84 Å². The smallest absolute Gasteiger partial charge is 0.288 e. The minimum absolute atomic E-state index is 0.00926. The Kier molecular flexibility index (Phi) is 1.86. The Balaban J connectivity index is 2.96. The molecule has 0 amide bonds. The first-order valence-electron chi connectivity index (χ1n) is 2.92. The largest absolute Gasteiger partial charge is 0.361 e. The van der Waals surface area contributed by atoms with Gasteiger partial charge in [-0.1, -0.05) is 0 Å². The van der Waals surface area contributed by atoms with E-state index in [-0.39, 0.29) is 10.3 Å². The van der Waals surface area contributed by atoms with Crippen molar-refractivity contribution in [2.45, 2.75) is 6.17 Å². The van der Waals surface area contributed by atoms with E-state index in [1.807, 2.05) is 0 Å². The number of amidine groups is 1. The molecule has 1 atom stereocenters. The van der Waals surface area contributed by atoms with Crippen molar-refractivity contribution in [3.05, 3.63) is 20.2 Å². The number of hydrogen-bond acceptors (Lipinski definition) is 7. The van der Waals surface area contributed by atoms with Crippen LogP contribution in [0.3, 0.4) is 0 Å². The fraction of sp³-hybridized carbons (Fsp3) is 0.500. The van der Waals surface area contributed by atoms with Crippen LogP contribution in [-0.2, 0) is 0 Å². The van der Waals surface area contributed by atoms with Crippen LogP contribution in [-0.4, -0.2) is 32.4 Å². The summed E-state index contributed by atoms with van der Waals surface area (Å²) in [5.74, 6) is -0.395. The molecule has 1 rings (SSSR count). The van der Waals surface area contributed by atoms with Crippen molar-refractivity contribution in [3.8, 4) is 0 Å². The maximum atomic E-state index is 10.2. The topological polar surface area (TPSA) is 157 Å². The lowest BCUT2D eigenvalue weighted by Crippen LogP contribution is -2.54. The van der Waals surface area contributed by atoms with Crippen LogP contribution in [0.5, 0.6) is 0 Å². The molecular weight excluding hydrogens is 186 g/mol. The summed E-state index contributed by atoms with van der Waals surface area (Å²) < 4.78 is 0. The predicted molar refractivity (Wildman–Crippen MR) is 37.3 cm³/mol. The molecule has 0 bridgehead atoms. The minimum atomic E-state index is -1.42. The van der Waals surface area contributed by atoms with E-state index in [4.69, 9.17) is 11.5 Å². The van der Waals surface area contributed by atoms with Gasteiger partial charge in [-0.3, -0.25) is 5.73 Å². The van der Waals surface area contributed by atoms with E-state index in [1.165, 1.54) is 0 Å². The number of hydrogen-bond donors (Lipinski definition) is 2. The second-order valence-electron chi connectivity index (χ2n) is 2.03. The standard InChI is InChI=1S/C2H5N7O4/c3-1-2(4)6(8(10)11)7(5-1)9(12)13/h2H,4H2,(H2,3,5). The molecule has 0 aromatic carbocycles. The minimum Gasteiger partial charge on any atom is -0.361 e. The SMILES string of the molecule is NC1=NN([N+](=O)[O-])N([N+](=O)[O-])C1N. The Morgan fingerprint density at radius 2 is 1.92 bits per heavy atom. The fourth-order valence-electron chi connectivity index (χ4n) is 0.716. The van der Waals surface area contributed by atoms with E-state index < -0.39 is 22.1 Å². The Bertz CT molecular complexity index is 286. The molecule has 0 aromatic heterocycles. The van der Waals surface area contributed by atoms with Crippen LogP contribution in [0.25, 0.3) is 0 Å².